The van der Waals surface area contributed by atoms with Gasteiger partial charge in [-0.15, -0.1) is 0 Å². The number of Topliss-reactive ketones (excluding diaryl/α,β-unsaturated/α-hetero) is 1. The van der Waals surface area contributed by atoms with Crippen molar-refractivity contribution in [2.75, 3.05) is 20.4 Å². The van der Waals surface area contributed by atoms with Crippen molar-refractivity contribution in [1.29, 1.82) is 0 Å². The number of nitrogens with zero attached hydrogens (tertiary/aromatic N) is 3. The third-order valence-electron chi connectivity index (χ3n) is 10.5. The van der Waals surface area contributed by atoms with Crippen molar-refractivity contribution in [1.82, 2.24) is 36.1 Å². The molecule has 15 heteroatoms. The highest BCUT2D eigenvalue weighted by molar-refractivity contribution is 6.39. The SMILES string of the molecule is C=C(CC)C(NC(=O)C1[C@H]2CC[C@@H](OCOC)[C@H]2CN1C(=O)C(NC(=O)C(NC(=O)c1cnccn1)C(C)C)C(C)C)C(=O)C(=O)N[C@H](C)c1ccccc1. The first-order valence-electron chi connectivity index (χ1n) is 18.9. The molecule has 1 saturated carbocycles. The van der Waals surface area contributed by atoms with Gasteiger partial charge in [-0.05, 0) is 55.1 Å². The first kappa shape index (κ1) is 42.7. The Balaban J connectivity index is 1.59. The largest absolute Gasteiger partial charge is 0.359 e. The van der Waals surface area contributed by atoms with E-state index in [0.29, 0.717) is 24.8 Å². The summed E-state index contributed by atoms with van der Waals surface area (Å²) in [7, 11) is 1.51. The van der Waals surface area contributed by atoms with Gasteiger partial charge in [0, 0.05) is 32.0 Å². The van der Waals surface area contributed by atoms with Gasteiger partial charge in [0.05, 0.1) is 18.3 Å². The summed E-state index contributed by atoms with van der Waals surface area (Å²) in [4.78, 5) is 92.2. The van der Waals surface area contributed by atoms with E-state index in [1.165, 1.54) is 30.6 Å². The molecule has 1 aliphatic carbocycles. The van der Waals surface area contributed by atoms with Crippen LogP contribution in [0.15, 0.2) is 61.1 Å². The first-order chi connectivity index (χ1) is 26.2. The molecule has 0 spiro atoms. The van der Waals surface area contributed by atoms with E-state index in [-0.39, 0.29) is 42.9 Å². The van der Waals surface area contributed by atoms with Crippen molar-refractivity contribution in [2.45, 2.75) is 97.1 Å². The fraction of sp³-hybridized carbons (Fsp3) is 0.550. The fourth-order valence-corrected chi connectivity index (χ4v) is 7.31. The highest BCUT2D eigenvalue weighted by Gasteiger charge is 2.55. The van der Waals surface area contributed by atoms with E-state index in [1.807, 2.05) is 30.3 Å². The number of hydrogen-bond donors (Lipinski definition) is 4. The minimum Gasteiger partial charge on any atom is -0.359 e. The Morgan fingerprint density at radius 1 is 0.891 bits per heavy atom. The van der Waals surface area contributed by atoms with Crippen LogP contribution >= 0.6 is 0 Å². The molecule has 1 aliphatic heterocycles. The van der Waals surface area contributed by atoms with Crippen LogP contribution in [0.2, 0.25) is 0 Å². The van der Waals surface area contributed by atoms with Crippen LogP contribution in [-0.2, 0) is 33.4 Å². The Labute approximate surface area is 322 Å². The van der Waals surface area contributed by atoms with Gasteiger partial charge in [0.2, 0.25) is 23.5 Å². The van der Waals surface area contributed by atoms with E-state index < -0.39 is 71.4 Å². The number of benzene rings is 1. The maximum Gasteiger partial charge on any atom is 0.290 e. The lowest BCUT2D eigenvalue weighted by Gasteiger charge is -2.34. The van der Waals surface area contributed by atoms with Crippen LogP contribution in [-0.4, -0.2) is 101 Å². The zero-order valence-electron chi connectivity index (χ0n) is 32.7. The molecule has 4 N–H and O–H groups in total. The molecule has 2 aliphatic rings. The van der Waals surface area contributed by atoms with Gasteiger partial charge in [0.25, 0.3) is 11.8 Å². The van der Waals surface area contributed by atoms with Crippen molar-refractivity contribution in [2.24, 2.45) is 23.7 Å². The molecule has 2 aromatic rings. The maximum atomic E-state index is 14.6. The third kappa shape index (κ3) is 10.4. The van der Waals surface area contributed by atoms with E-state index in [0.717, 1.165) is 5.56 Å². The van der Waals surface area contributed by atoms with E-state index in [2.05, 4.69) is 37.8 Å². The van der Waals surface area contributed by atoms with E-state index in [4.69, 9.17) is 9.47 Å². The number of rotatable bonds is 18. The minimum atomic E-state index is -1.34. The second-order valence-corrected chi connectivity index (χ2v) is 14.9. The van der Waals surface area contributed by atoms with Crippen LogP contribution < -0.4 is 21.3 Å². The highest BCUT2D eigenvalue weighted by Crippen LogP contribution is 2.44. The van der Waals surface area contributed by atoms with E-state index >= 15 is 0 Å². The lowest BCUT2D eigenvalue weighted by molar-refractivity contribution is -0.145. The van der Waals surface area contributed by atoms with Gasteiger partial charge in [-0.1, -0.05) is 71.5 Å². The average Bonchev–Trinajstić information content (AvgIpc) is 3.76. The molecular formula is C40H55N7O8. The molecule has 2 fully saturated rings. The summed E-state index contributed by atoms with van der Waals surface area (Å²) in [5, 5.41) is 11.1. The third-order valence-corrected chi connectivity index (χ3v) is 10.5. The smallest absolute Gasteiger partial charge is 0.290 e. The van der Waals surface area contributed by atoms with Crippen LogP contribution in [0.1, 0.15) is 82.9 Å². The number of hydrogen-bond acceptors (Lipinski definition) is 10. The Morgan fingerprint density at radius 2 is 1.58 bits per heavy atom. The molecule has 2 heterocycles. The molecule has 5 amide bonds. The Morgan fingerprint density at radius 3 is 2.18 bits per heavy atom. The first-order valence-corrected chi connectivity index (χ1v) is 18.9. The molecular weight excluding hydrogens is 706 g/mol. The number of carbonyl (C=O) groups excluding carboxylic acids is 6. The molecule has 0 radical (unpaired) electrons. The topological polar surface area (TPSA) is 198 Å². The van der Waals surface area contributed by atoms with Crippen molar-refractivity contribution in [3.63, 3.8) is 0 Å². The monoisotopic (exact) mass is 761 g/mol. The fourth-order valence-electron chi connectivity index (χ4n) is 7.31. The molecule has 4 unspecified atom stereocenters. The zero-order chi connectivity index (χ0) is 40.4. The molecule has 1 saturated heterocycles. The van der Waals surface area contributed by atoms with Crippen molar-refractivity contribution < 1.29 is 38.2 Å². The number of aromatic nitrogens is 2. The summed E-state index contributed by atoms with van der Waals surface area (Å²) < 4.78 is 11.1. The Hall–Kier alpha value is -5.02. The van der Waals surface area contributed by atoms with Gasteiger partial charge in [0.1, 0.15) is 36.7 Å². The minimum absolute atomic E-state index is 0.0314. The quantitative estimate of drug-likeness (QED) is 0.0995. The second kappa shape index (κ2) is 19.5. The maximum absolute atomic E-state index is 14.6. The van der Waals surface area contributed by atoms with Crippen LogP contribution in [0.3, 0.4) is 0 Å². The standard InChI is InChI=1S/C40H55N7O8/c1-9-24(6)33(35(48)39(52)43-25(7)26-13-11-10-12-14-26)46-38(51)34-27-15-16-30(55-21-54-8)28(27)20-47(34)40(53)32(23(4)5)45-37(50)31(22(2)3)44-36(49)29-19-41-17-18-42-29/h10-14,17-19,22-23,25,27-28,30-34H,6,9,15-16,20-21H2,1-5,7-8H3,(H,43,52)(H,44,49)(H,45,50)(H,46,51)/t25-,27+,28+,30-,31?,32?,33?,34?/m1/s1. The van der Waals surface area contributed by atoms with Gasteiger partial charge in [-0.2, -0.15) is 0 Å². The normalized spacial score (nSPS) is 21.2. The van der Waals surface area contributed by atoms with Crippen LogP contribution in [0.4, 0.5) is 0 Å². The summed E-state index contributed by atoms with van der Waals surface area (Å²) in [6, 6.07) is 4.20. The van der Waals surface area contributed by atoms with Crippen molar-refractivity contribution in [3.05, 3.63) is 72.3 Å². The summed E-state index contributed by atoms with van der Waals surface area (Å²) in [5.74, 6) is -5.42. The lowest BCUT2D eigenvalue weighted by atomic mass is 9.91. The zero-order valence-corrected chi connectivity index (χ0v) is 32.7. The van der Waals surface area contributed by atoms with Crippen LogP contribution in [0.5, 0.6) is 0 Å². The summed E-state index contributed by atoms with van der Waals surface area (Å²) in [5.41, 5.74) is 1.16. The highest BCUT2D eigenvalue weighted by atomic mass is 16.7. The number of fused-ring (bicyclic) bond motifs is 1. The van der Waals surface area contributed by atoms with E-state index in [1.54, 1.807) is 41.5 Å². The van der Waals surface area contributed by atoms with Crippen molar-refractivity contribution in [3.8, 4) is 0 Å². The Kier molecular flexibility index (Phi) is 15.2. The average molecular weight is 762 g/mol. The Bertz CT molecular complexity index is 1690. The molecule has 0 bridgehead atoms. The van der Waals surface area contributed by atoms with Crippen LogP contribution in [0, 0.1) is 23.7 Å². The number of carbonyl (C=O) groups is 6. The number of methoxy groups -OCH3 is 1. The predicted octanol–water partition coefficient (Wildman–Crippen LogP) is 2.50. The second-order valence-electron chi connectivity index (χ2n) is 14.9. The van der Waals surface area contributed by atoms with Gasteiger partial charge in [-0.3, -0.25) is 33.8 Å². The lowest BCUT2D eigenvalue weighted by Crippen LogP contribution is -2.60. The number of ether oxygens (including phenoxy) is 2. The molecule has 55 heavy (non-hydrogen) atoms. The number of likely N-dealkylation sites (tertiary alicyclic amines) is 1. The predicted molar refractivity (Wildman–Crippen MR) is 203 cm³/mol. The van der Waals surface area contributed by atoms with E-state index in [9.17, 15) is 28.8 Å². The summed E-state index contributed by atoms with van der Waals surface area (Å²) >= 11 is 0. The molecule has 15 nitrogen and oxygen atoms in total. The number of ketones is 1. The summed E-state index contributed by atoms with van der Waals surface area (Å²) in [6.07, 6.45) is 5.25. The molecule has 298 valence electrons. The summed E-state index contributed by atoms with van der Waals surface area (Å²) in [6.45, 7) is 14.8. The van der Waals surface area contributed by atoms with Gasteiger partial charge in [0.15, 0.2) is 0 Å². The van der Waals surface area contributed by atoms with Crippen LogP contribution in [0.25, 0.3) is 0 Å². The van der Waals surface area contributed by atoms with Gasteiger partial charge in [-0.25, -0.2) is 4.98 Å². The van der Waals surface area contributed by atoms with Gasteiger partial charge < -0.3 is 35.6 Å². The molecule has 1 aromatic carbocycles. The molecule has 8 atom stereocenters. The molecule has 1 aromatic heterocycles. The molecule has 4 rings (SSSR count). The van der Waals surface area contributed by atoms with Gasteiger partial charge >= 0.3 is 0 Å². The van der Waals surface area contributed by atoms with Crippen molar-refractivity contribution >= 4 is 35.3 Å². The number of nitrogens with one attached hydrogen (secondary N) is 4. The number of amides is 5.